The van der Waals surface area contributed by atoms with Gasteiger partial charge in [-0.15, -0.1) is 0 Å². The first-order chi connectivity index (χ1) is 47.0. The number of nitrogens with zero attached hydrogens (tertiary/aromatic N) is 4. The molecule has 21 rings (SSSR count). The van der Waals surface area contributed by atoms with Gasteiger partial charge in [0.1, 0.15) is 22.3 Å². The number of hydrogen-bond donors (Lipinski definition) is 0. The second kappa shape index (κ2) is 19.8. The number of rotatable bonds is 8. The number of anilines is 12. The number of benzene rings is 14. The third kappa shape index (κ3) is 7.48. The lowest BCUT2D eigenvalue weighted by Gasteiger charge is -2.51. The van der Waals surface area contributed by atoms with Crippen LogP contribution in [0.4, 0.5) is 68.2 Å². The maximum absolute atomic E-state index is 6.53. The maximum Gasteiger partial charge on any atom is 0.252 e. The molecule has 5 aliphatic heterocycles. The summed E-state index contributed by atoms with van der Waals surface area (Å²) in [4.78, 5) is 10.3. The van der Waals surface area contributed by atoms with Crippen LogP contribution in [-0.2, 0) is 11.8 Å². The number of hydrogen-bond acceptors (Lipinski definition) is 6. The Morgan fingerprint density at radius 2 is 0.705 bits per heavy atom. The molecular formula is C87H56B2N4O2. The normalized spacial score (nSPS) is 14.2. The van der Waals surface area contributed by atoms with E-state index >= 15 is 0 Å². The molecule has 0 saturated carbocycles. The van der Waals surface area contributed by atoms with Crippen molar-refractivity contribution in [2.24, 2.45) is 0 Å². The van der Waals surface area contributed by atoms with Gasteiger partial charge in [-0.05, 0) is 199 Å². The van der Waals surface area contributed by atoms with Gasteiger partial charge in [0, 0.05) is 95.2 Å². The van der Waals surface area contributed by atoms with Gasteiger partial charge in [-0.25, -0.2) is 0 Å². The van der Waals surface area contributed by atoms with Crippen LogP contribution in [0, 0.1) is 0 Å². The summed E-state index contributed by atoms with van der Waals surface area (Å²) < 4.78 is 13.1. The summed E-state index contributed by atoms with van der Waals surface area (Å²) in [7, 11) is 0. The van der Waals surface area contributed by atoms with Gasteiger partial charge in [-0.3, -0.25) is 0 Å². The molecule has 7 heterocycles. The standard InChI is InChI=1S/C87H56B2N4O2/c1-87(53-54-47-77-86-78(48-54)91(60-27-12-5-13-28-60)76-50-58(56-23-8-3-9-24-56)39-43-69(76)88(86)70-49-57(55-21-6-2-7-22-55)40-44-71(70)90(77)59-25-10-4-11-26-59)67-31-18-33-72-83(67)89-84-68(87)32-19-34-73(84)93(62-42-46-82-66(52-62)64-30-15-17-38-80(64)95-82)75-36-20-35-74(85(75)89)92(72)61-41-45-81-65(51-61)63-29-14-16-37-79(63)94-81/h2-52H,53H2,1H3. The van der Waals surface area contributed by atoms with E-state index in [2.05, 4.69) is 336 Å². The lowest BCUT2D eigenvalue weighted by atomic mass is 9.28. The van der Waals surface area contributed by atoms with Crippen LogP contribution in [0.25, 0.3) is 66.1 Å². The minimum absolute atomic E-state index is 0.0590. The summed E-state index contributed by atoms with van der Waals surface area (Å²) in [5.74, 6) is 0. The predicted octanol–water partition coefficient (Wildman–Crippen LogP) is 18.8. The average molecular weight is 1210 g/mol. The van der Waals surface area contributed by atoms with Crippen LogP contribution in [0.2, 0.25) is 0 Å². The van der Waals surface area contributed by atoms with Crippen molar-refractivity contribution in [2.75, 3.05) is 19.6 Å². The zero-order valence-electron chi connectivity index (χ0n) is 51.9. The Hall–Kier alpha value is -12.0. The zero-order valence-corrected chi connectivity index (χ0v) is 51.9. The highest BCUT2D eigenvalue weighted by Gasteiger charge is 2.53. The van der Waals surface area contributed by atoms with Crippen LogP contribution < -0.4 is 52.4 Å². The molecule has 0 unspecified atom stereocenters. The molecule has 0 atom stereocenters. The third-order valence-corrected chi connectivity index (χ3v) is 21.4. The fourth-order valence-electron chi connectivity index (χ4n) is 17.5. The highest BCUT2D eigenvalue weighted by atomic mass is 16.3. The molecule has 5 aliphatic rings. The maximum atomic E-state index is 6.53. The van der Waals surface area contributed by atoms with E-state index in [-0.39, 0.29) is 13.4 Å². The van der Waals surface area contributed by atoms with Crippen LogP contribution in [0.1, 0.15) is 23.6 Å². The van der Waals surface area contributed by atoms with E-state index in [4.69, 9.17) is 8.83 Å². The summed E-state index contributed by atoms with van der Waals surface area (Å²) in [6.07, 6.45) is 0.702. The SMILES string of the molecule is CC1(Cc2cc3c4c(c2)N(c2ccccc2)c2cc(-c5ccccc5)ccc2B4c2cc(-c4ccccc4)ccc2N3c2ccccc2)c2cccc3c2B2c4c(cccc4N(c4ccc5oc6ccccc6c5c4)c4cccc1c42)N3c1ccc2oc3ccccc3c2c1. The van der Waals surface area contributed by atoms with E-state index in [0.29, 0.717) is 6.42 Å². The first-order valence-electron chi connectivity index (χ1n) is 33.1. The van der Waals surface area contributed by atoms with Crippen LogP contribution in [0.3, 0.4) is 0 Å². The zero-order chi connectivity index (χ0) is 62.2. The Morgan fingerprint density at radius 1 is 0.274 bits per heavy atom. The molecule has 6 nitrogen and oxygen atoms in total. The Bertz CT molecular complexity index is 5720. The van der Waals surface area contributed by atoms with Gasteiger partial charge in [0.05, 0.1) is 0 Å². The number of para-hydroxylation sites is 4. The molecule has 0 radical (unpaired) electrons. The van der Waals surface area contributed by atoms with E-state index in [0.717, 1.165) is 66.6 Å². The summed E-state index contributed by atoms with van der Waals surface area (Å²) in [6, 6.07) is 115. The van der Waals surface area contributed by atoms with Crippen LogP contribution >= 0.6 is 0 Å². The molecule has 0 spiro atoms. The molecule has 14 aromatic carbocycles. The topological polar surface area (TPSA) is 39.2 Å². The quantitative estimate of drug-likeness (QED) is 0.141. The van der Waals surface area contributed by atoms with Crippen molar-refractivity contribution in [3.05, 3.63) is 326 Å². The van der Waals surface area contributed by atoms with E-state index in [1.54, 1.807) is 0 Å². The highest BCUT2D eigenvalue weighted by Crippen LogP contribution is 2.53. The Balaban J connectivity index is 0.829. The van der Waals surface area contributed by atoms with Crippen molar-refractivity contribution in [2.45, 2.75) is 18.8 Å². The van der Waals surface area contributed by atoms with Crippen LogP contribution in [0.5, 0.6) is 0 Å². The minimum Gasteiger partial charge on any atom is -0.456 e. The summed E-state index contributed by atoms with van der Waals surface area (Å²) in [5, 5.41) is 4.41. The molecule has 8 heteroatoms. The van der Waals surface area contributed by atoms with Gasteiger partial charge in [-0.2, -0.15) is 0 Å². The molecule has 0 bridgehead atoms. The fraction of sp³-hybridized carbons (Fsp3) is 0.0345. The Kier molecular flexibility index (Phi) is 10.9. The lowest BCUT2D eigenvalue weighted by molar-refractivity contribution is 0.571. The van der Waals surface area contributed by atoms with E-state index in [9.17, 15) is 0 Å². The average Bonchev–Trinajstić information content (AvgIpc) is 0.810. The van der Waals surface area contributed by atoms with E-state index in [1.807, 2.05) is 0 Å². The second-order valence-corrected chi connectivity index (χ2v) is 26.5. The molecule has 0 fully saturated rings. The smallest absolute Gasteiger partial charge is 0.252 e. The van der Waals surface area contributed by atoms with Gasteiger partial charge in [0.2, 0.25) is 0 Å². The molecule has 16 aromatic rings. The molecule has 0 N–H and O–H groups in total. The van der Waals surface area contributed by atoms with E-state index in [1.165, 1.54) is 117 Å². The lowest BCUT2D eigenvalue weighted by Crippen LogP contribution is -2.67. The molecule has 0 amide bonds. The Morgan fingerprint density at radius 3 is 1.25 bits per heavy atom. The molecule has 0 aliphatic carbocycles. The van der Waals surface area contributed by atoms with Gasteiger partial charge in [-0.1, -0.05) is 195 Å². The van der Waals surface area contributed by atoms with Crippen molar-refractivity contribution in [1.29, 1.82) is 0 Å². The largest absolute Gasteiger partial charge is 0.456 e. The fourth-order valence-corrected chi connectivity index (χ4v) is 17.5. The minimum atomic E-state index is -0.566. The van der Waals surface area contributed by atoms with Gasteiger partial charge < -0.3 is 28.4 Å². The number of fused-ring (bicyclic) bond motifs is 10. The molecule has 442 valence electrons. The summed E-state index contributed by atoms with van der Waals surface area (Å²) in [5.41, 5.74) is 33.4. The second-order valence-electron chi connectivity index (χ2n) is 26.5. The van der Waals surface area contributed by atoms with Crippen molar-refractivity contribution in [3.63, 3.8) is 0 Å². The van der Waals surface area contributed by atoms with Crippen molar-refractivity contribution >= 4 is 158 Å². The predicted molar refractivity (Wildman–Crippen MR) is 397 cm³/mol. The van der Waals surface area contributed by atoms with Gasteiger partial charge in [0.15, 0.2) is 0 Å². The monoisotopic (exact) mass is 1210 g/mol. The first-order valence-corrected chi connectivity index (χ1v) is 33.1. The van der Waals surface area contributed by atoms with Crippen molar-refractivity contribution in [3.8, 4) is 22.3 Å². The van der Waals surface area contributed by atoms with E-state index < -0.39 is 5.41 Å². The van der Waals surface area contributed by atoms with Crippen LogP contribution in [-0.4, -0.2) is 13.4 Å². The van der Waals surface area contributed by atoms with Crippen LogP contribution in [0.15, 0.2) is 318 Å². The van der Waals surface area contributed by atoms with Gasteiger partial charge in [0.25, 0.3) is 13.4 Å². The molecule has 0 saturated heterocycles. The third-order valence-electron chi connectivity index (χ3n) is 21.4. The molecule has 95 heavy (non-hydrogen) atoms. The molecular weight excluding hydrogens is 1150 g/mol. The van der Waals surface area contributed by atoms with Crippen molar-refractivity contribution < 1.29 is 8.83 Å². The highest BCUT2D eigenvalue weighted by molar-refractivity contribution is 7.02. The summed E-state index contributed by atoms with van der Waals surface area (Å²) >= 11 is 0. The summed E-state index contributed by atoms with van der Waals surface area (Å²) in [6.45, 7) is 2.40. The Labute approximate surface area is 550 Å². The first kappa shape index (κ1) is 52.6. The number of furan rings is 2. The van der Waals surface area contributed by atoms with Crippen molar-refractivity contribution in [1.82, 2.24) is 0 Å². The molecule has 2 aromatic heterocycles. The van der Waals surface area contributed by atoms with Gasteiger partial charge >= 0.3 is 0 Å².